The van der Waals surface area contributed by atoms with Crippen LogP contribution in [0.25, 0.3) is 0 Å². The molecule has 0 unspecified atom stereocenters. The molecule has 0 amide bonds. The minimum Gasteiger partial charge on any atom is -0.489 e. The zero-order chi connectivity index (χ0) is 15.2. The average molecular weight is 398 g/mol. The minimum absolute atomic E-state index is 0.0700. The van der Waals surface area contributed by atoms with Gasteiger partial charge >= 0.3 is 0 Å². The number of nitro groups is 1. The van der Waals surface area contributed by atoms with Gasteiger partial charge in [0.15, 0.2) is 0 Å². The van der Waals surface area contributed by atoms with E-state index >= 15 is 0 Å². The number of para-hydroxylation sites is 1. The number of halogens is 1. The molecule has 5 nitrogen and oxygen atoms in total. The van der Waals surface area contributed by atoms with E-state index in [0.717, 1.165) is 14.9 Å². The van der Waals surface area contributed by atoms with Crippen molar-refractivity contribution in [2.75, 3.05) is 11.9 Å². The van der Waals surface area contributed by atoms with Crippen molar-refractivity contribution in [3.63, 3.8) is 0 Å². The van der Waals surface area contributed by atoms with Gasteiger partial charge in [0.2, 0.25) is 0 Å². The highest BCUT2D eigenvalue weighted by molar-refractivity contribution is 14.1. The predicted octanol–water partition coefficient (Wildman–Crippen LogP) is 4.21. The van der Waals surface area contributed by atoms with Gasteiger partial charge < -0.3 is 10.1 Å². The van der Waals surface area contributed by atoms with Gasteiger partial charge in [0, 0.05) is 21.7 Å². The molecule has 0 aliphatic heterocycles. The Bertz CT molecular complexity index is 647. The highest BCUT2D eigenvalue weighted by Gasteiger charge is 2.16. The van der Waals surface area contributed by atoms with E-state index in [9.17, 15) is 10.1 Å². The van der Waals surface area contributed by atoms with Crippen molar-refractivity contribution in [2.45, 2.75) is 13.5 Å². The summed E-state index contributed by atoms with van der Waals surface area (Å²) < 4.78 is 6.81. The topological polar surface area (TPSA) is 64.4 Å². The van der Waals surface area contributed by atoms with E-state index in [1.807, 2.05) is 37.3 Å². The van der Waals surface area contributed by atoms with Crippen molar-refractivity contribution >= 4 is 34.0 Å². The monoisotopic (exact) mass is 398 g/mol. The molecule has 0 atom stereocenters. The lowest BCUT2D eigenvalue weighted by molar-refractivity contribution is -0.384. The van der Waals surface area contributed by atoms with E-state index in [1.165, 1.54) is 6.07 Å². The van der Waals surface area contributed by atoms with Gasteiger partial charge in [0.1, 0.15) is 18.0 Å². The molecule has 21 heavy (non-hydrogen) atoms. The maximum absolute atomic E-state index is 11.1. The molecule has 0 heterocycles. The number of benzene rings is 2. The van der Waals surface area contributed by atoms with Crippen molar-refractivity contribution in [2.24, 2.45) is 0 Å². The molecule has 0 aliphatic rings. The summed E-state index contributed by atoms with van der Waals surface area (Å²) in [4.78, 5) is 10.7. The molecule has 0 bridgehead atoms. The fraction of sp³-hybridized carbons (Fsp3) is 0.200. The number of nitrogens with one attached hydrogen (secondary N) is 1. The molecule has 0 radical (unpaired) electrons. The fourth-order valence-electron chi connectivity index (χ4n) is 1.96. The number of nitrogens with zero attached hydrogens (tertiary/aromatic N) is 1. The van der Waals surface area contributed by atoms with Gasteiger partial charge in [-0.05, 0) is 47.7 Å². The maximum Gasteiger partial charge on any atom is 0.292 e. The second-order valence-electron chi connectivity index (χ2n) is 4.34. The largest absolute Gasteiger partial charge is 0.489 e. The van der Waals surface area contributed by atoms with Crippen LogP contribution < -0.4 is 10.1 Å². The van der Waals surface area contributed by atoms with E-state index in [-0.39, 0.29) is 17.2 Å². The van der Waals surface area contributed by atoms with Crippen LogP contribution in [0.4, 0.5) is 11.4 Å². The van der Waals surface area contributed by atoms with Gasteiger partial charge in [-0.1, -0.05) is 18.2 Å². The van der Waals surface area contributed by atoms with Crippen molar-refractivity contribution in [3.05, 3.63) is 61.7 Å². The van der Waals surface area contributed by atoms with Crippen LogP contribution in [0.2, 0.25) is 0 Å². The van der Waals surface area contributed by atoms with Crippen LogP contribution in [0.5, 0.6) is 5.75 Å². The van der Waals surface area contributed by atoms with Gasteiger partial charge in [-0.25, -0.2) is 0 Å². The fourth-order valence-corrected chi connectivity index (χ4v) is 2.47. The summed E-state index contributed by atoms with van der Waals surface area (Å²) in [6.07, 6.45) is 0. The molecule has 0 spiro atoms. The molecule has 0 aromatic heterocycles. The highest BCUT2D eigenvalue weighted by atomic mass is 127. The molecule has 110 valence electrons. The second-order valence-corrected chi connectivity index (χ2v) is 5.59. The lowest BCUT2D eigenvalue weighted by atomic mass is 10.1. The Hall–Kier alpha value is -1.83. The summed E-state index contributed by atoms with van der Waals surface area (Å²) in [6.45, 7) is 2.80. The van der Waals surface area contributed by atoms with E-state index in [0.29, 0.717) is 12.2 Å². The summed E-state index contributed by atoms with van der Waals surface area (Å²) >= 11 is 2.21. The maximum atomic E-state index is 11.1. The molecule has 6 heteroatoms. The van der Waals surface area contributed by atoms with Crippen LogP contribution in [0, 0.1) is 13.7 Å². The SMILES string of the molecule is CCNc1c(COc2cccc(I)c2)cccc1[N+](=O)[O-]. The lowest BCUT2D eigenvalue weighted by Crippen LogP contribution is -2.07. The Morgan fingerprint density at radius 2 is 2.05 bits per heavy atom. The summed E-state index contributed by atoms with van der Waals surface area (Å²) in [5.74, 6) is 0.746. The lowest BCUT2D eigenvalue weighted by Gasteiger charge is -2.12. The highest BCUT2D eigenvalue weighted by Crippen LogP contribution is 2.29. The first-order valence-electron chi connectivity index (χ1n) is 6.50. The first kappa shape index (κ1) is 15.6. The van der Waals surface area contributed by atoms with E-state index in [2.05, 4.69) is 27.9 Å². The van der Waals surface area contributed by atoms with Gasteiger partial charge in [-0.2, -0.15) is 0 Å². The minimum atomic E-state index is -0.382. The van der Waals surface area contributed by atoms with Crippen molar-refractivity contribution < 1.29 is 9.66 Å². The Morgan fingerprint density at radius 3 is 2.71 bits per heavy atom. The molecule has 2 aromatic rings. The Kier molecular flexibility index (Phi) is 5.38. The van der Waals surface area contributed by atoms with Crippen LogP contribution in [-0.4, -0.2) is 11.5 Å². The predicted molar refractivity (Wildman–Crippen MR) is 90.8 cm³/mol. The van der Waals surface area contributed by atoms with Crippen LogP contribution in [0.15, 0.2) is 42.5 Å². The molecule has 0 saturated heterocycles. The quantitative estimate of drug-likeness (QED) is 0.450. The normalized spacial score (nSPS) is 10.2. The van der Waals surface area contributed by atoms with Gasteiger partial charge in [0.05, 0.1) is 4.92 Å². The number of nitro benzene ring substituents is 1. The van der Waals surface area contributed by atoms with Crippen LogP contribution in [0.1, 0.15) is 12.5 Å². The van der Waals surface area contributed by atoms with E-state index in [4.69, 9.17) is 4.74 Å². The molecular formula is C15H15IN2O3. The molecular weight excluding hydrogens is 383 g/mol. The first-order chi connectivity index (χ1) is 10.1. The Balaban J connectivity index is 2.23. The van der Waals surface area contributed by atoms with Crippen LogP contribution in [0.3, 0.4) is 0 Å². The van der Waals surface area contributed by atoms with E-state index < -0.39 is 0 Å². The first-order valence-corrected chi connectivity index (χ1v) is 7.58. The molecule has 2 aromatic carbocycles. The smallest absolute Gasteiger partial charge is 0.292 e. The number of ether oxygens (including phenoxy) is 1. The van der Waals surface area contributed by atoms with Crippen molar-refractivity contribution in [1.82, 2.24) is 0 Å². The third kappa shape index (κ3) is 4.07. The molecule has 0 aliphatic carbocycles. The zero-order valence-corrected chi connectivity index (χ0v) is 13.7. The Labute approximate surface area is 136 Å². The number of hydrogen-bond acceptors (Lipinski definition) is 4. The van der Waals surface area contributed by atoms with Gasteiger partial charge in [-0.3, -0.25) is 10.1 Å². The third-order valence-electron chi connectivity index (χ3n) is 2.87. The summed E-state index contributed by atoms with van der Waals surface area (Å²) in [7, 11) is 0. The molecule has 1 N–H and O–H groups in total. The standard InChI is InChI=1S/C15H15IN2O3/c1-2-17-15-11(5-3-8-14(15)18(19)20)10-21-13-7-4-6-12(16)9-13/h3-9,17H,2,10H2,1H3. The van der Waals surface area contributed by atoms with Crippen LogP contribution in [-0.2, 0) is 6.61 Å². The summed E-state index contributed by atoms with van der Waals surface area (Å²) in [5, 5.41) is 14.1. The van der Waals surface area contributed by atoms with Gasteiger partial charge in [0.25, 0.3) is 5.69 Å². The average Bonchev–Trinajstić information content (AvgIpc) is 2.46. The number of anilines is 1. The summed E-state index contributed by atoms with van der Waals surface area (Å²) in [6, 6.07) is 12.7. The number of hydrogen-bond donors (Lipinski definition) is 1. The Morgan fingerprint density at radius 1 is 1.29 bits per heavy atom. The molecule has 0 saturated carbocycles. The third-order valence-corrected chi connectivity index (χ3v) is 3.54. The van der Waals surface area contributed by atoms with Crippen molar-refractivity contribution in [3.8, 4) is 5.75 Å². The van der Waals surface area contributed by atoms with E-state index in [1.54, 1.807) is 6.07 Å². The second kappa shape index (κ2) is 7.26. The van der Waals surface area contributed by atoms with Crippen molar-refractivity contribution in [1.29, 1.82) is 0 Å². The summed E-state index contributed by atoms with van der Waals surface area (Å²) in [5.41, 5.74) is 1.36. The molecule has 0 fully saturated rings. The van der Waals surface area contributed by atoms with Crippen LogP contribution >= 0.6 is 22.6 Å². The zero-order valence-electron chi connectivity index (χ0n) is 11.5. The molecule has 2 rings (SSSR count). The van der Waals surface area contributed by atoms with Gasteiger partial charge in [-0.15, -0.1) is 0 Å². The number of rotatable bonds is 6.